The van der Waals surface area contributed by atoms with Crippen molar-refractivity contribution >= 4 is 11.6 Å². The summed E-state index contributed by atoms with van der Waals surface area (Å²) >= 11 is 5.83. The second kappa shape index (κ2) is 3.97. The zero-order chi connectivity index (χ0) is 11.8. The summed E-state index contributed by atoms with van der Waals surface area (Å²) in [7, 11) is 0. The minimum absolute atomic E-state index is 0.00518. The van der Waals surface area contributed by atoms with Crippen molar-refractivity contribution in [2.75, 3.05) is 6.54 Å². The monoisotopic (exact) mass is 245 g/mol. The van der Waals surface area contributed by atoms with Crippen LogP contribution in [0.3, 0.4) is 0 Å². The van der Waals surface area contributed by atoms with Crippen LogP contribution in [-0.4, -0.2) is 6.54 Å². The fraction of sp³-hybridized carbons (Fsp3) is 0.500. The molecule has 1 nitrogen and oxygen atoms in total. The molecule has 2 N–H and O–H groups in total. The third-order valence-corrected chi connectivity index (χ3v) is 3.91. The first-order valence-corrected chi connectivity index (χ1v) is 5.74. The fourth-order valence-corrected chi connectivity index (χ4v) is 2.51. The number of hydrogen-bond donors (Lipinski definition) is 1. The zero-order valence-corrected chi connectivity index (χ0v) is 9.61. The first-order chi connectivity index (χ1) is 7.53. The van der Waals surface area contributed by atoms with Gasteiger partial charge in [-0.1, -0.05) is 36.2 Å². The van der Waals surface area contributed by atoms with Crippen molar-refractivity contribution in [3.8, 4) is 0 Å². The van der Waals surface area contributed by atoms with Gasteiger partial charge in [-0.25, -0.2) is 8.78 Å². The SMILES string of the molecule is NCC1(C(F)(F)c2ccccc2Cl)CCC1. The van der Waals surface area contributed by atoms with E-state index in [9.17, 15) is 8.78 Å². The van der Waals surface area contributed by atoms with Gasteiger partial charge in [0.25, 0.3) is 5.92 Å². The van der Waals surface area contributed by atoms with Gasteiger partial charge in [-0.15, -0.1) is 0 Å². The molecule has 0 radical (unpaired) electrons. The number of halogens is 3. The largest absolute Gasteiger partial charge is 0.330 e. The van der Waals surface area contributed by atoms with Crippen molar-refractivity contribution in [3.63, 3.8) is 0 Å². The Labute approximate surface area is 98.6 Å². The van der Waals surface area contributed by atoms with Crippen LogP contribution in [0.2, 0.25) is 5.02 Å². The zero-order valence-electron chi connectivity index (χ0n) is 8.85. The molecule has 1 aromatic rings. The third-order valence-electron chi connectivity index (χ3n) is 3.58. The maximum atomic E-state index is 14.4. The first kappa shape index (κ1) is 11.8. The summed E-state index contributed by atoms with van der Waals surface area (Å²) in [5, 5.41) is 0.118. The summed E-state index contributed by atoms with van der Waals surface area (Å²) in [6.45, 7) is 0.00518. The van der Waals surface area contributed by atoms with E-state index >= 15 is 0 Å². The molecular weight excluding hydrogens is 232 g/mol. The van der Waals surface area contributed by atoms with E-state index in [1.165, 1.54) is 12.1 Å². The normalized spacial score (nSPS) is 19.2. The maximum absolute atomic E-state index is 14.4. The summed E-state index contributed by atoms with van der Waals surface area (Å²) in [6, 6.07) is 6.11. The van der Waals surface area contributed by atoms with Gasteiger partial charge in [0.1, 0.15) is 0 Å². The number of nitrogens with two attached hydrogens (primary N) is 1. The van der Waals surface area contributed by atoms with E-state index in [1.807, 2.05) is 0 Å². The van der Waals surface area contributed by atoms with E-state index in [0.717, 1.165) is 6.42 Å². The van der Waals surface area contributed by atoms with Gasteiger partial charge >= 0.3 is 0 Å². The van der Waals surface area contributed by atoms with Crippen LogP contribution >= 0.6 is 11.6 Å². The Morgan fingerprint density at radius 3 is 2.38 bits per heavy atom. The smallest absolute Gasteiger partial charge is 0.281 e. The molecule has 1 aliphatic rings. The van der Waals surface area contributed by atoms with E-state index in [-0.39, 0.29) is 17.1 Å². The molecule has 0 aromatic heterocycles. The van der Waals surface area contributed by atoms with Crippen LogP contribution in [-0.2, 0) is 5.92 Å². The number of alkyl halides is 2. The van der Waals surface area contributed by atoms with E-state index < -0.39 is 11.3 Å². The average Bonchev–Trinajstić information content (AvgIpc) is 2.16. The molecule has 16 heavy (non-hydrogen) atoms. The summed E-state index contributed by atoms with van der Waals surface area (Å²) in [5.41, 5.74) is 4.34. The van der Waals surface area contributed by atoms with Crippen molar-refractivity contribution in [3.05, 3.63) is 34.9 Å². The molecule has 0 saturated heterocycles. The van der Waals surface area contributed by atoms with Crippen LogP contribution in [0.1, 0.15) is 24.8 Å². The highest BCUT2D eigenvalue weighted by molar-refractivity contribution is 6.31. The van der Waals surface area contributed by atoms with Gasteiger partial charge in [-0.3, -0.25) is 0 Å². The van der Waals surface area contributed by atoms with Crippen molar-refractivity contribution < 1.29 is 8.78 Å². The Bertz CT molecular complexity index is 383. The summed E-state index contributed by atoms with van der Waals surface area (Å²) in [5.74, 6) is -2.93. The molecule has 1 fully saturated rings. The van der Waals surface area contributed by atoms with Gasteiger partial charge in [0.15, 0.2) is 0 Å². The molecule has 1 saturated carbocycles. The number of rotatable bonds is 3. The Balaban J connectivity index is 2.42. The van der Waals surface area contributed by atoms with Crippen LogP contribution in [0.5, 0.6) is 0 Å². The van der Waals surface area contributed by atoms with E-state index in [1.54, 1.807) is 12.1 Å². The van der Waals surface area contributed by atoms with E-state index in [0.29, 0.717) is 12.8 Å². The van der Waals surface area contributed by atoms with Crippen molar-refractivity contribution in [2.24, 2.45) is 11.1 Å². The van der Waals surface area contributed by atoms with Gasteiger partial charge in [0, 0.05) is 17.1 Å². The van der Waals surface area contributed by atoms with Crippen LogP contribution < -0.4 is 5.73 Å². The van der Waals surface area contributed by atoms with Crippen LogP contribution in [0.4, 0.5) is 8.78 Å². The first-order valence-electron chi connectivity index (χ1n) is 5.36. The molecule has 1 aliphatic carbocycles. The van der Waals surface area contributed by atoms with E-state index in [4.69, 9.17) is 17.3 Å². The van der Waals surface area contributed by atoms with Crippen molar-refractivity contribution in [1.29, 1.82) is 0 Å². The van der Waals surface area contributed by atoms with Gasteiger partial charge in [0.05, 0.1) is 5.41 Å². The minimum Gasteiger partial charge on any atom is -0.330 e. The molecular formula is C12H14ClF2N. The molecule has 1 aromatic carbocycles. The topological polar surface area (TPSA) is 26.0 Å². The second-order valence-corrected chi connectivity index (χ2v) is 4.80. The molecule has 0 heterocycles. The Morgan fingerprint density at radius 2 is 1.94 bits per heavy atom. The van der Waals surface area contributed by atoms with Crippen molar-refractivity contribution in [1.82, 2.24) is 0 Å². The van der Waals surface area contributed by atoms with Gasteiger partial charge in [-0.05, 0) is 18.9 Å². The lowest BCUT2D eigenvalue weighted by molar-refractivity contribution is -0.164. The van der Waals surface area contributed by atoms with Crippen LogP contribution in [0.15, 0.2) is 24.3 Å². The Morgan fingerprint density at radius 1 is 1.31 bits per heavy atom. The molecule has 0 unspecified atom stereocenters. The molecule has 0 bridgehead atoms. The van der Waals surface area contributed by atoms with Gasteiger partial charge < -0.3 is 5.73 Å². The predicted octanol–water partition coefficient (Wildman–Crippen LogP) is 3.56. The highest BCUT2D eigenvalue weighted by Gasteiger charge is 2.57. The highest BCUT2D eigenvalue weighted by Crippen LogP contribution is 2.57. The Hall–Kier alpha value is -0.670. The minimum atomic E-state index is -2.93. The Kier molecular flexibility index (Phi) is 2.93. The lowest BCUT2D eigenvalue weighted by atomic mass is 9.63. The summed E-state index contributed by atoms with van der Waals surface area (Å²) < 4.78 is 28.7. The molecule has 0 aliphatic heterocycles. The number of hydrogen-bond acceptors (Lipinski definition) is 1. The van der Waals surface area contributed by atoms with Crippen LogP contribution in [0.25, 0.3) is 0 Å². The average molecular weight is 246 g/mol. The fourth-order valence-electron chi connectivity index (χ4n) is 2.25. The molecule has 88 valence electrons. The molecule has 4 heteroatoms. The number of benzene rings is 1. The van der Waals surface area contributed by atoms with Gasteiger partial charge in [0.2, 0.25) is 0 Å². The maximum Gasteiger partial charge on any atom is 0.281 e. The molecule has 0 atom stereocenters. The summed E-state index contributed by atoms with van der Waals surface area (Å²) in [4.78, 5) is 0. The lowest BCUT2D eigenvalue weighted by Gasteiger charge is -2.46. The van der Waals surface area contributed by atoms with Crippen molar-refractivity contribution in [2.45, 2.75) is 25.2 Å². The second-order valence-electron chi connectivity index (χ2n) is 4.39. The quantitative estimate of drug-likeness (QED) is 0.866. The lowest BCUT2D eigenvalue weighted by Crippen LogP contribution is -2.50. The third kappa shape index (κ3) is 1.54. The molecule has 0 spiro atoms. The summed E-state index contributed by atoms with van der Waals surface area (Å²) in [6.07, 6.45) is 1.76. The molecule has 2 rings (SSSR count). The van der Waals surface area contributed by atoms with Gasteiger partial charge in [-0.2, -0.15) is 0 Å². The predicted molar refractivity (Wildman–Crippen MR) is 60.7 cm³/mol. The molecule has 0 amide bonds. The standard InChI is InChI=1S/C12H14ClF2N/c13-10-5-2-1-4-9(10)12(14,15)11(8-16)6-3-7-11/h1-2,4-5H,3,6-8,16H2. The van der Waals surface area contributed by atoms with Crippen LogP contribution in [0, 0.1) is 5.41 Å². The highest BCUT2D eigenvalue weighted by atomic mass is 35.5. The van der Waals surface area contributed by atoms with E-state index in [2.05, 4.69) is 0 Å².